The number of nitrogens with zero attached hydrogens (tertiary/aromatic N) is 2. The van der Waals surface area contributed by atoms with Gasteiger partial charge in [0.15, 0.2) is 0 Å². The number of rotatable bonds is 5. The van der Waals surface area contributed by atoms with E-state index in [9.17, 15) is 4.79 Å². The Hall–Kier alpha value is -3.37. The Morgan fingerprint density at radius 3 is 2.45 bits per heavy atom. The lowest BCUT2D eigenvalue weighted by molar-refractivity contribution is 0.0439. The summed E-state index contributed by atoms with van der Waals surface area (Å²) < 4.78 is 0. The van der Waals surface area contributed by atoms with Crippen molar-refractivity contribution < 1.29 is 4.79 Å². The van der Waals surface area contributed by atoms with Crippen LogP contribution >= 0.6 is 0 Å². The Balaban J connectivity index is 1.43. The molecular formula is C29H31N3O. The third-order valence-electron chi connectivity index (χ3n) is 6.68. The fourth-order valence-electron chi connectivity index (χ4n) is 5.17. The fraction of sp³-hybridized carbons (Fsp3) is 0.276. The summed E-state index contributed by atoms with van der Waals surface area (Å²) in [6.45, 7) is 7.53. The third-order valence-corrected chi connectivity index (χ3v) is 6.68. The smallest absolute Gasteiger partial charge is 0.254 e. The van der Waals surface area contributed by atoms with E-state index in [1.165, 1.54) is 16.5 Å². The normalized spacial score (nSPS) is 16.9. The number of hydrogen-bond acceptors (Lipinski definition) is 2. The molecule has 1 saturated heterocycles. The van der Waals surface area contributed by atoms with Crippen molar-refractivity contribution >= 4 is 16.8 Å². The molecule has 0 spiro atoms. The molecule has 168 valence electrons. The van der Waals surface area contributed by atoms with Crippen molar-refractivity contribution in [1.82, 2.24) is 14.8 Å². The number of hydrogen-bond donors (Lipinski definition) is 1. The van der Waals surface area contributed by atoms with Gasteiger partial charge in [-0.05, 0) is 49.6 Å². The van der Waals surface area contributed by atoms with Gasteiger partial charge in [0.2, 0.25) is 0 Å². The maximum Gasteiger partial charge on any atom is 0.254 e. The van der Waals surface area contributed by atoms with Crippen LogP contribution in [0.3, 0.4) is 0 Å². The Morgan fingerprint density at radius 2 is 1.67 bits per heavy atom. The van der Waals surface area contributed by atoms with Crippen LogP contribution in [-0.4, -0.2) is 46.4 Å². The molecule has 1 aromatic heterocycles. The second-order valence-corrected chi connectivity index (χ2v) is 9.31. The molecule has 4 heteroatoms. The van der Waals surface area contributed by atoms with Crippen LogP contribution in [0, 0.1) is 13.8 Å². The predicted molar refractivity (Wildman–Crippen MR) is 134 cm³/mol. The zero-order valence-corrected chi connectivity index (χ0v) is 19.4. The quantitative estimate of drug-likeness (QED) is 0.457. The van der Waals surface area contributed by atoms with E-state index in [0.29, 0.717) is 0 Å². The Kier molecular flexibility index (Phi) is 6.01. The molecule has 1 fully saturated rings. The summed E-state index contributed by atoms with van der Waals surface area (Å²) in [6, 6.07) is 25.3. The van der Waals surface area contributed by atoms with Crippen LogP contribution in [-0.2, 0) is 13.0 Å². The van der Waals surface area contributed by atoms with Gasteiger partial charge in [0.1, 0.15) is 0 Å². The SMILES string of the molecule is Cc1cc(C)cc(C(=O)N2CCN(Cc3ccccc3)C[C@H]2Cc2c[nH]c3ccccc23)c1. The van der Waals surface area contributed by atoms with Crippen molar-refractivity contribution in [2.45, 2.75) is 32.9 Å². The first-order valence-electron chi connectivity index (χ1n) is 11.8. The largest absolute Gasteiger partial charge is 0.361 e. The number of aryl methyl sites for hydroxylation is 2. The lowest BCUT2D eigenvalue weighted by Crippen LogP contribution is -2.55. The molecule has 1 aliphatic heterocycles. The number of fused-ring (bicyclic) bond motifs is 1. The molecule has 0 radical (unpaired) electrons. The zero-order valence-electron chi connectivity index (χ0n) is 19.4. The Morgan fingerprint density at radius 1 is 0.939 bits per heavy atom. The number of H-pyrrole nitrogens is 1. The molecule has 33 heavy (non-hydrogen) atoms. The van der Waals surface area contributed by atoms with Gasteiger partial charge in [-0.15, -0.1) is 0 Å². The minimum absolute atomic E-state index is 0.120. The van der Waals surface area contributed by atoms with Gasteiger partial charge in [-0.25, -0.2) is 0 Å². The predicted octanol–water partition coefficient (Wildman–Crippen LogP) is 5.35. The van der Waals surface area contributed by atoms with E-state index in [-0.39, 0.29) is 11.9 Å². The van der Waals surface area contributed by atoms with Gasteiger partial charge in [-0.1, -0.05) is 65.7 Å². The summed E-state index contributed by atoms with van der Waals surface area (Å²) in [5.41, 5.74) is 6.81. The first kappa shape index (κ1) is 21.5. The lowest BCUT2D eigenvalue weighted by atomic mass is 9.99. The summed E-state index contributed by atoms with van der Waals surface area (Å²) in [5, 5.41) is 1.25. The number of aromatic amines is 1. The average molecular weight is 438 g/mol. The number of nitrogens with one attached hydrogen (secondary N) is 1. The number of benzene rings is 3. The first-order valence-corrected chi connectivity index (χ1v) is 11.8. The topological polar surface area (TPSA) is 39.3 Å². The molecule has 5 rings (SSSR count). The lowest BCUT2D eigenvalue weighted by Gasteiger charge is -2.42. The second kappa shape index (κ2) is 9.24. The van der Waals surface area contributed by atoms with E-state index in [1.54, 1.807) is 0 Å². The maximum atomic E-state index is 13.7. The Bertz CT molecular complexity index is 1240. The molecule has 1 amide bonds. The van der Waals surface area contributed by atoms with Crippen molar-refractivity contribution in [3.05, 3.63) is 107 Å². The monoisotopic (exact) mass is 437 g/mol. The van der Waals surface area contributed by atoms with Gasteiger partial charge in [-0.2, -0.15) is 0 Å². The minimum atomic E-state index is 0.120. The molecule has 1 N–H and O–H groups in total. The molecule has 2 heterocycles. The van der Waals surface area contributed by atoms with Gasteiger partial charge in [-0.3, -0.25) is 9.69 Å². The van der Waals surface area contributed by atoms with Crippen LogP contribution in [0.4, 0.5) is 0 Å². The van der Waals surface area contributed by atoms with E-state index in [4.69, 9.17) is 0 Å². The Labute approximate surface area is 195 Å². The summed E-state index contributed by atoms with van der Waals surface area (Å²) in [4.78, 5) is 21.7. The highest BCUT2D eigenvalue weighted by atomic mass is 16.2. The van der Waals surface area contributed by atoms with Crippen LogP contribution in [0.15, 0.2) is 79.0 Å². The molecule has 4 nitrogen and oxygen atoms in total. The van der Waals surface area contributed by atoms with Crippen molar-refractivity contribution in [1.29, 1.82) is 0 Å². The van der Waals surface area contributed by atoms with Crippen molar-refractivity contribution in [3.8, 4) is 0 Å². The first-order chi connectivity index (χ1) is 16.1. The summed E-state index contributed by atoms with van der Waals surface area (Å²) >= 11 is 0. The highest BCUT2D eigenvalue weighted by Crippen LogP contribution is 2.25. The summed E-state index contributed by atoms with van der Waals surface area (Å²) in [5.74, 6) is 0.144. The number of carbonyl (C=O) groups excluding carboxylic acids is 1. The van der Waals surface area contributed by atoms with Crippen LogP contribution in [0.1, 0.15) is 32.6 Å². The number of para-hydroxylation sites is 1. The zero-order chi connectivity index (χ0) is 22.8. The highest BCUT2D eigenvalue weighted by Gasteiger charge is 2.31. The van der Waals surface area contributed by atoms with Crippen molar-refractivity contribution in [2.75, 3.05) is 19.6 Å². The third kappa shape index (κ3) is 4.71. The maximum absolute atomic E-state index is 13.7. The van der Waals surface area contributed by atoms with Gasteiger partial charge in [0, 0.05) is 54.9 Å². The molecule has 1 aliphatic rings. The van der Waals surface area contributed by atoms with E-state index in [2.05, 4.69) is 95.5 Å². The molecule has 0 saturated carbocycles. The van der Waals surface area contributed by atoms with Crippen LogP contribution in [0.5, 0.6) is 0 Å². The number of carbonyl (C=O) groups is 1. The van der Waals surface area contributed by atoms with Crippen LogP contribution < -0.4 is 0 Å². The minimum Gasteiger partial charge on any atom is -0.361 e. The van der Waals surface area contributed by atoms with Crippen molar-refractivity contribution in [2.24, 2.45) is 0 Å². The van der Waals surface area contributed by atoms with E-state index in [0.717, 1.165) is 54.8 Å². The van der Waals surface area contributed by atoms with Gasteiger partial charge >= 0.3 is 0 Å². The van der Waals surface area contributed by atoms with Gasteiger partial charge < -0.3 is 9.88 Å². The molecule has 0 bridgehead atoms. The number of aromatic nitrogens is 1. The summed E-state index contributed by atoms with van der Waals surface area (Å²) in [6.07, 6.45) is 2.95. The fourth-order valence-corrected chi connectivity index (χ4v) is 5.17. The van der Waals surface area contributed by atoms with Crippen molar-refractivity contribution in [3.63, 3.8) is 0 Å². The standard InChI is InChI=1S/C29H31N3O/c1-21-14-22(2)16-24(15-21)29(33)32-13-12-31(19-23-8-4-3-5-9-23)20-26(32)17-25-18-30-28-11-7-6-10-27(25)28/h3-11,14-16,18,26,30H,12-13,17,19-20H2,1-2H3/t26-/m1/s1. The van der Waals surface area contributed by atoms with Gasteiger partial charge in [0.05, 0.1) is 0 Å². The number of piperazine rings is 1. The second-order valence-electron chi connectivity index (χ2n) is 9.31. The molecule has 0 aliphatic carbocycles. The van der Waals surface area contributed by atoms with Gasteiger partial charge in [0.25, 0.3) is 5.91 Å². The average Bonchev–Trinajstić information content (AvgIpc) is 3.22. The molecule has 4 aromatic rings. The van der Waals surface area contributed by atoms with Crippen LogP contribution in [0.25, 0.3) is 10.9 Å². The van der Waals surface area contributed by atoms with E-state index >= 15 is 0 Å². The summed E-state index contributed by atoms with van der Waals surface area (Å²) in [7, 11) is 0. The van der Waals surface area contributed by atoms with Crippen LogP contribution in [0.2, 0.25) is 0 Å². The molecular weight excluding hydrogens is 406 g/mol. The number of amides is 1. The molecule has 0 unspecified atom stereocenters. The van der Waals surface area contributed by atoms with E-state index < -0.39 is 0 Å². The molecule has 1 atom stereocenters. The molecule has 3 aromatic carbocycles. The highest BCUT2D eigenvalue weighted by molar-refractivity contribution is 5.95. The van der Waals surface area contributed by atoms with E-state index in [1.807, 2.05) is 12.1 Å².